The fourth-order valence-corrected chi connectivity index (χ4v) is 4.23. The topological polar surface area (TPSA) is 118 Å². The van der Waals surface area contributed by atoms with Crippen LogP contribution in [0.15, 0.2) is 30.6 Å². The van der Waals surface area contributed by atoms with Crippen LogP contribution in [0.25, 0.3) is 11.0 Å². The number of aromatic nitrogens is 3. The van der Waals surface area contributed by atoms with Crippen molar-refractivity contribution >= 4 is 41.1 Å². The molecule has 0 spiro atoms. The largest absolute Gasteiger partial charge is 0.381 e. The number of urea groups is 1. The Hall–Kier alpha value is -3.33. The van der Waals surface area contributed by atoms with Gasteiger partial charge in [-0.2, -0.15) is 5.10 Å². The summed E-state index contributed by atoms with van der Waals surface area (Å²) >= 11 is 0. The lowest BCUT2D eigenvalue weighted by Gasteiger charge is -2.32. The van der Waals surface area contributed by atoms with Crippen LogP contribution in [-0.4, -0.2) is 50.7 Å². The highest BCUT2D eigenvalue weighted by molar-refractivity contribution is 6.06. The van der Waals surface area contributed by atoms with Gasteiger partial charge in [0.1, 0.15) is 0 Å². The number of fused-ring (bicyclic) bond motifs is 1. The van der Waals surface area contributed by atoms with Gasteiger partial charge in [-0.1, -0.05) is 18.2 Å². The first-order valence-corrected chi connectivity index (χ1v) is 11.4. The second-order valence-electron chi connectivity index (χ2n) is 8.59. The molecule has 4 rings (SSSR count). The summed E-state index contributed by atoms with van der Waals surface area (Å²) in [5.74, 6) is -0.191. The van der Waals surface area contributed by atoms with Crippen LogP contribution in [0.1, 0.15) is 46.8 Å². The molecule has 2 aromatic heterocycles. The van der Waals surface area contributed by atoms with Crippen LogP contribution in [0.3, 0.4) is 0 Å². The summed E-state index contributed by atoms with van der Waals surface area (Å²) in [4.78, 5) is 30.8. The van der Waals surface area contributed by atoms with E-state index >= 15 is 0 Å². The minimum Gasteiger partial charge on any atom is -0.381 e. The average molecular weight is 486 g/mol. The Labute approximate surface area is 205 Å². The fraction of sp³-hybridized carbons (Fsp3) is 0.417. The number of nitrogens with one attached hydrogen (secondary N) is 2. The number of hydrogen-bond donors (Lipinski definition) is 3. The molecule has 10 heteroatoms. The number of halogens is 1. The molecule has 0 unspecified atom stereocenters. The zero-order valence-electron chi connectivity index (χ0n) is 19.8. The lowest BCUT2D eigenvalue weighted by Crippen LogP contribution is -2.44. The quantitative estimate of drug-likeness (QED) is 0.494. The molecule has 0 aliphatic carbocycles. The van der Waals surface area contributed by atoms with Crippen molar-refractivity contribution in [2.75, 3.05) is 18.4 Å². The molecule has 182 valence electrons. The summed E-state index contributed by atoms with van der Waals surface area (Å²) in [7, 11) is 0. The zero-order chi connectivity index (χ0) is 23.5. The predicted molar refractivity (Wildman–Crippen MR) is 135 cm³/mol. The normalized spacial score (nSPS) is 14.0. The van der Waals surface area contributed by atoms with E-state index in [1.54, 1.807) is 17.3 Å². The van der Waals surface area contributed by atoms with Crippen LogP contribution in [0.5, 0.6) is 0 Å². The molecular weight excluding hydrogens is 454 g/mol. The van der Waals surface area contributed by atoms with Crippen molar-refractivity contribution in [1.29, 1.82) is 0 Å². The number of nitrogens with two attached hydrogens (primary N) is 1. The maximum Gasteiger partial charge on any atom is 0.314 e. The Kier molecular flexibility index (Phi) is 7.98. The molecule has 0 radical (unpaired) electrons. The van der Waals surface area contributed by atoms with Crippen LogP contribution in [0.4, 0.5) is 10.5 Å². The maximum absolute atomic E-state index is 13.2. The highest BCUT2D eigenvalue weighted by Crippen LogP contribution is 2.28. The molecule has 9 nitrogen and oxygen atoms in total. The Morgan fingerprint density at radius 2 is 1.88 bits per heavy atom. The molecule has 34 heavy (non-hydrogen) atoms. The molecule has 1 aliphatic rings. The van der Waals surface area contributed by atoms with Gasteiger partial charge in [0.15, 0.2) is 5.65 Å². The minimum atomic E-state index is -0.393. The van der Waals surface area contributed by atoms with Gasteiger partial charge in [-0.3, -0.25) is 4.79 Å². The number of piperidine rings is 1. The number of primary amides is 1. The number of aryl methyl sites for hydroxylation is 3. The van der Waals surface area contributed by atoms with Gasteiger partial charge in [0, 0.05) is 38.4 Å². The molecule has 1 aromatic carbocycles. The number of hydrogen-bond acceptors (Lipinski definition) is 5. The molecule has 3 amide bonds. The van der Waals surface area contributed by atoms with E-state index in [1.807, 2.05) is 17.7 Å². The summed E-state index contributed by atoms with van der Waals surface area (Å²) in [5, 5.41) is 11.8. The van der Waals surface area contributed by atoms with Crippen molar-refractivity contribution < 1.29 is 9.59 Å². The molecule has 1 saturated heterocycles. The Morgan fingerprint density at radius 3 is 2.53 bits per heavy atom. The van der Waals surface area contributed by atoms with E-state index in [9.17, 15) is 9.59 Å². The van der Waals surface area contributed by atoms with Crippen molar-refractivity contribution in [2.24, 2.45) is 5.73 Å². The highest BCUT2D eigenvalue weighted by atomic mass is 35.5. The number of anilines is 1. The predicted octanol–water partition coefficient (Wildman–Crippen LogP) is 3.37. The third kappa shape index (κ3) is 5.25. The highest BCUT2D eigenvalue weighted by Gasteiger charge is 2.25. The number of amides is 3. The van der Waals surface area contributed by atoms with Crippen molar-refractivity contribution in [3.05, 3.63) is 52.8 Å². The lowest BCUT2D eigenvalue weighted by atomic mass is 10.0. The van der Waals surface area contributed by atoms with Gasteiger partial charge in [-0.25, -0.2) is 14.5 Å². The maximum atomic E-state index is 13.2. The smallest absolute Gasteiger partial charge is 0.314 e. The first-order chi connectivity index (χ1) is 15.9. The Bertz CT molecular complexity index is 1190. The Balaban J connectivity index is 0.00000324. The molecule has 1 aliphatic heterocycles. The van der Waals surface area contributed by atoms with Crippen LogP contribution in [0, 0.1) is 13.8 Å². The van der Waals surface area contributed by atoms with Gasteiger partial charge < -0.3 is 21.3 Å². The number of likely N-dealkylation sites (tertiary alicyclic amines) is 1. The Morgan fingerprint density at radius 1 is 1.15 bits per heavy atom. The number of nitrogens with zero attached hydrogens (tertiary/aromatic N) is 4. The average Bonchev–Trinajstić information content (AvgIpc) is 3.24. The van der Waals surface area contributed by atoms with E-state index in [-0.39, 0.29) is 24.4 Å². The fourth-order valence-electron chi connectivity index (χ4n) is 4.23. The first-order valence-electron chi connectivity index (χ1n) is 11.4. The summed E-state index contributed by atoms with van der Waals surface area (Å²) < 4.78 is 1.81. The third-order valence-electron chi connectivity index (χ3n) is 6.39. The van der Waals surface area contributed by atoms with E-state index in [0.717, 1.165) is 35.1 Å². The van der Waals surface area contributed by atoms with Gasteiger partial charge in [0.25, 0.3) is 5.91 Å². The van der Waals surface area contributed by atoms with E-state index in [2.05, 4.69) is 46.7 Å². The van der Waals surface area contributed by atoms with E-state index < -0.39 is 6.03 Å². The number of carbonyl (C=O) groups is 2. The first kappa shape index (κ1) is 25.3. The van der Waals surface area contributed by atoms with Crippen molar-refractivity contribution in [1.82, 2.24) is 25.0 Å². The monoisotopic (exact) mass is 485 g/mol. The summed E-state index contributed by atoms with van der Waals surface area (Å²) in [5.41, 5.74) is 10.8. The van der Waals surface area contributed by atoms with Crippen LogP contribution in [0.2, 0.25) is 0 Å². The number of rotatable bonds is 6. The van der Waals surface area contributed by atoms with Crippen LogP contribution < -0.4 is 16.4 Å². The molecule has 3 heterocycles. The molecule has 0 atom stereocenters. The number of benzene rings is 1. The van der Waals surface area contributed by atoms with Gasteiger partial charge >= 0.3 is 6.03 Å². The number of carbonyl (C=O) groups excluding carboxylic acids is 2. The van der Waals surface area contributed by atoms with E-state index in [4.69, 9.17) is 5.73 Å². The van der Waals surface area contributed by atoms with Gasteiger partial charge in [0.05, 0.1) is 22.8 Å². The standard InChI is InChI=1S/C24H31N7O2.ClH/c1-4-31-22-19(14-28-31)21(29-18-7-9-30(10-8-18)24(25)33)20(13-26-22)23(32)27-12-17-6-5-15(2)16(3)11-17;/h5-6,11,13-14,18H,4,7-10,12H2,1-3H3,(H2,25,33)(H,26,29)(H,27,32);1H. The van der Waals surface area contributed by atoms with Crippen molar-refractivity contribution in [3.8, 4) is 0 Å². The van der Waals surface area contributed by atoms with Crippen LogP contribution in [-0.2, 0) is 13.1 Å². The zero-order valence-corrected chi connectivity index (χ0v) is 20.6. The second-order valence-corrected chi connectivity index (χ2v) is 8.59. The van der Waals surface area contributed by atoms with Crippen LogP contribution >= 0.6 is 12.4 Å². The molecule has 3 aromatic rings. The summed E-state index contributed by atoms with van der Waals surface area (Å²) in [6, 6.07) is 5.90. The van der Waals surface area contributed by atoms with Crippen molar-refractivity contribution in [3.63, 3.8) is 0 Å². The molecule has 0 saturated carbocycles. The summed E-state index contributed by atoms with van der Waals surface area (Å²) in [6.07, 6.45) is 4.87. The molecular formula is C24H32ClN7O2. The SMILES string of the molecule is CCn1ncc2c(NC3CCN(C(N)=O)CC3)c(C(=O)NCc3ccc(C)c(C)c3)cnc21.Cl. The van der Waals surface area contributed by atoms with Gasteiger partial charge in [-0.15, -0.1) is 12.4 Å². The van der Waals surface area contributed by atoms with Gasteiger partial charge in [0.2, 0.25) is 0 Å². The lowest BCUT2D eigenvalue weighted by molar-refractivity contribution is 0.0951. The van der Waals surface area contributed by atoms with Gasteiger partial charge in [-0.05, 0) is 50.3 Å². The molecule has 0 bridgehead atoms. The minimum absolute atomic E-state index is 0. The summed E-state index contributed by atoms with van der Waals surface area (Å²) in [6.45, 7) is 8.43. The third-order valence-corrected chi connectivity index (χ3v) is 6.39. The van der Waals surface area contributed by atoms with E-state index in [1.165, 1.54) is 11.1 Å². The molecule has 1 fully saturated rings. The van der Waals surface area contributed by atoms with Crippen molar-refractivity contribution in [2.45, 2.75) is 52.7 Å². The number of pyridine rings is 1. The second kappa shape index (κ2) is 10.7. The van der Waals surface area contributed by atoms with E-state index in [0.29, 0.717) is 31.7 Å². The molecule has 4 N–H and O–H groups in total.